The zero-order valence-electron chi connectivity index (χ0n) is 21.8. The number of hydrogen-bond donors (Lipinski definition) is 2. The second-order valence-corrected chi connectivity index (χ2v) is 11.7. The number of phenolic OH excluding ortho intramolecular Hbond substituents is 1. The summed E-state index contributed by atoms with van der Waals surface area (Å²) in [4.78, 5) is 22.0. The van der Waals surface area contributed by atoms with Gasteiger partial charge in [0.2, 0.25) is 0 Å². The van der Waals surface area contributed by atoms with Crippen molar-refractivity contribution in [3.8, 4) is 5.75 Å². The summed E-state index contributed by atoms with van der Waals surface area (Å²) >= 11 is 0. The maximum absolute atomic E-state index is 12.8. The smallest absolute Gasteiger partial charge is 0.507 e. The SMILES string of the molecule is CC(C)(C)c1cc(/C=C/C(=O)C(O[P+](=O)O)C2CCCC2)c(O)c(C(C)(C)C)c1.CCCC. The Morgan fingerprint density at radius 3 is 2.06 bits per heavy atom. The quantitative estimate of drug-likeness (QED) is 0.311. The lowest BCUT2D eigenvalue weighted by Gasteiger charge is -2.27. The Hall–Kier alpha value is -1.55. The summed E-state index contributed by atoms with van der Waals surface area (Å²) in [6.45, 7) is 16.8. The molecule has 33 heavy (non-hydrogen) atoms. The zero-order chi connectivity index (χ0) is 25.4. The molecule has 1 saturated carbocycles. The second kappa shape index (κ2) is 12.8. The predicted octanol–water partition coefficient (Wildman–Crippen LogP) is 7.60. The number of phenols is 1. The van der Waals surface area contributed by atoms with E-state index in [1.165, 1.54) is 18.9 Å². The van der Waals surface area contributed by atoms with Gasteiger partial charge in [-0.15, -0.1) is 9.42 Å². The molecular formula is C27H44O5P+. The fourth-order valence-corrected chi connectivity index (χ4v) is 4.25. The summed E-state index contributed by atoms with van der Waals surface area (Å²) in [6, 6.07) is 3.92. The zero-order valence-corrected chi connectivity index (χ0v) is 22.7. The first-order valence-electron chi connectivity index (χ1n) is 12.1. The Labute approximate surface area is 201 Å². The molecule has 1 aliphatic rings. The number of carbonyl (C=O) groups is 1. The molecular weight excluding hydrogens is 435 g/mol. The third-order valence-electron chi connectivity index (χ3n) is 6.05. The molecule has 2 N–H and O–H groups in total. The van der Waals surface area contributed by atoms with Crippen molar-refractivity contribution >= 4 is 20.1 Å². The van der Waals surface area contributed by atoms with E-state index in [1.807, 2.05) is 32.9 Å². The summed E-state index contributed by atoms with van der Waals surface area (Å²) in [5.41, 5.74) is 2.07. The normalized spacial score (nSPS) is 16.5. The molecule has 0 aromatic heterocycles. The monoisotopic (exact) mass is 479 g/mol. The average molecular weight is 480 g/mol. The van der Waals surface area contributed by atoms with Crippen molar-refractivity contribution in [2.75, 3.05) is 0 Å². The van der Waals surface area contributed by atoms with E-state index in [2.05, 4.69) is 34.6 Å². The molecule has 1 aromatic carbocycles. The first kappa shape index (κ1) is 29.5. The summed E-state index contributed by atoms with van der Waals surface area (Å²) in [5, 5.41) is 10.8. The van der Waals surface area contributed by atoms with Crippen molar-refractivity contribution in [3.63, 3.8) is 0 Å². The van der Waals surface area contributed by atoms with Crippen molar-refractivity contribution in [2.24, 2.45) is 5.92 Å². The van der Waals surface area contributed by atoms with Crippen molar-refractivity contribution in [1.82, 2.24) is 0 Å². The molecule has 0 spiro atoms. The number of benzene rings is 1. The van der Waals surface area contributed by atoms with E-state index in [9.17, 15) is 19.4 Å². The number of rotatable bonds is 7. The van der Waals surface area contributed by atoms with Crippen LogP contribution < -0.4 is 0 Å². The van der Waals surface area contributed by atoms with Gasteiger partial charge in [0.25, 0.3) is 0 Å². The molecule has 1 fully saturated rings. The van der Waals surface area contributed by atoms with Crippen molar-refractivity contribution in [3.05, 3.63) is 34.9 Å². The van der Waals surface area contributed by atoms with Crippen LogP contribution in [0.4, 0.5) is 0 Å². The number of carbonyl (C=O) groups excluding carboxylic acids is 1. The summed E-state index contributed by atoms with van der Waals surface area (Å²) < 4.78 is 16.3. The van der Waals surface area contributed by atoms with Crippen LogP contribution in [-0.4, -0.2) is 21.9 Å². The lowest BCUT2D eigenvalue weighted by molar-refractivity contribution is -0.123. The topological polar surface area (TPSA) is 83.8 Å². The number of hydrogen-bond acceptors (Lipinski definition) is 4. The second-order valence-electron chi connectivity index (χ2n) is 11.0. The first-order chi connectivity index (χ1) is 15.2. The standard InChI is InChI=1S/C23H33O5P.C4H10/c1-22(2,3)17-13-16(20(25)18(14-17)23(4,5)6)11-12-19(24)21(28-29(26)27)15-9-7-8-10-15;1-3-4-2/h11-15,21H,7-10H2,1-6H3,(H-,24,25,26,27);3-4H2,1-2H3/p+1. The Morgan fingerprint density at radius 2 is 1.64 bits per heavy atom. The van der Waals surface area contributed by atoms with Gasteiger partial charge in [-0.05, 0) is 53.4 Å². The van der Waals surface area contributed by atoms with E-state index >= 15 is 0 Å². The van der Waals surface area contributed by atoms with Gasteiger partial charge in [0, 0.05) is 15.7 Å². The lowest BCUT2D eigenvalue weighted by Crippen LogP contribution is -2.28. The van der Waals surface area contributed by atoms with Crippen molar-refractivity contribution < 1.29 is 23.9 Å². The van der Waals surface area contributed by atoms with Gasteiger partial charge in [0.1, 0.15) is 5.75 Å². The molecule has 1 aliphatic carbocycles. The molecule has 6 heteroatoms. The Balaban J connectivity index is 0.00000125. The molecule has 0 saturated heterocycles. The summed E-state index contributed by atoms with van der Waals surface area (Å²) in [6.07, 6.45) is 8.30. The molecule has 5 nitrogen and oxygen atoms in total. The minimum absolute atomic E-state index is 0.0436. The highest BCUT2D eigenvalue weighted by molar-refractivity contribution is 7.32. The Bertz CT molecular complexity index is 822. The molecule has 2 unspecified atom stereocenters. The highest BCUT2D eigenvalue weighted by atomic mass is 31.1. The van der Waals surface area contributed by atoms with Crippen LogP contribution in [0.3, 0.4) is 0 Å². The van der Waals surface area contributed by atoms with E-state index in [-0.39, 0.29) is 28.3 Å². The third kappa shape index (κ3) is 9.31. The van der Waals surface area contributed by atoms with Crippen molar-refractivity contribution in [1.29, 1.82) is 0 Å². The maximum atomic E-state index is 12.8. The average Bonchev–Trinajstić information content (AvgIpc) is 3.23. The van der Waals surface area contributed by atoms with E-state index in [0.29, 0.717) is 5.56 Å². The molecule has 0 heterocycles. The number of aromatic hydroxyl groups is 1. The highest BCUT2D eigenvalue weighted by Gasteiger charge is 2.37. The van der Waals surface area contributed by atoms with Gasteiger partial charge in [-0.2, -0.15) is 0 Å². The molecule has 186 valence electrons. The van der Waals surface area contributed by atoms with E-state index < -0.39 is 14.4 Å². The third-order valence-corrected chi connectivity index (χ3v) is 6.46. The van der Waals surface area contributed by atoms with Crippen molar-refractivity contribution in [2.45, 2.75) is 111 Å². The first-order valence-corrected chi connectivity index (χ1v) is 13.3. The highest BCUT2D eigenvalue weighted by Crippen LogP contribution is 2.39. The number of ketones is 1. The molecule has 0 amide bonds. The van der Waals surface area contributed by atoms with Crippen LogP contribution in [0.25, 0.3) is 6.08 Å². The van der Waals surface area contributed by atoms with Gasteiger partial charge in [0.05, 0.1) is 0 Å². The molecule has 0 aliphatic heterocycles. The van der Waals surface area contributed by atoms with E-state index in [1.54, 1.807) is 6.08 Å². The molecule has 2 rings (SSSR count). The van der Waals surface area contributed by atoms with Gasteiger partial charge >= 0.3 is 8.25 Å². The fraction of sp³-hybridized carbons (Fsp3) is 0.667. The molecule has 0 radical (unpaired) electrons. The summed E-state index contributed by atoms with van der Waals surface area (Å²) in [7, 11) is -2.85. The van der Waals surface area contributed by atoms with Gasteiger partial charge in [0.15, 0.2) is 11.9 Å². The lowest BCUT2D eigenvalue weighted by atomic mass is 9.79. The number of unbranched alkanes of at least 4 members (excludes halogenated alkanes) is 1. The molecule has 0 bridgehead atoms. The van der Waals surface area contributed by atoms with Gasteiger partial charge < -0.3 is 5.11 Å². The van der Waals surface area contributed by atoms with E-state index in [0.717, 1.165) is 36.8 Å². The van der Waals surface area contributed by atoms with Gasteiger partial charge in [-0.3, -0.25) is 4.79 Å². The minimum Gasteiger partial charge on any atom is -0.507 e. The van der Waals surface area contributed by atoms with Crippen LogP contribution in [0.15, 0.2) is 18.2 Å². The van der Waals surface area contributed by atoms with Gasteiger partial charge in [-0.1, -0.05) is 87.1 Å². The Morgan fingerprint density at radius 1 is 1.09 bits per heavy atom. The minimum atomic E-state index is -2.85. The Kier molecular flexibility index (Phi) is 11.4. The fourth-order valence-electron chi connectivity index (χ4n) is 3.78. The summed E-state index contributed by atoms with van der Waals surface area (Å²) in [5.74, 6) is -0.230. The maximum Gasteiger partial charge on any atom is 0.695 e. The van der Waals surface area contributed by atoms with Crippen LogP contribution in [0.5, 0.6) is 5.75 Å². The largest absolute Gasteiger partial charge is 0.695 e. The van der Waals surface area contributed by atoms with Crippen LogP contribution >= 0.6 is 8.25 Å². The molecule has 1 aromatic rings. The van der Waals surface area contributed by atoms with Crippen LogP contribution in [0.1, 0.15) is 111 Å². The molecule has 2 atom stereocenters. The van der Waals surface area contributed by atoms with Crippen LogP contribution in [-0.2, 0) is 24.7 Å². The van der Waals surface area contributed by atoms with E-state index in [4.69, 9.17) is 4.52 Å². The van der Waals surface area contributed by atoms with Gasteiger partial charge in [-0.25, -0.2) is 0 Å². The predicted molar refractivity (Wildman–Crippen MR) is 137 cm³/mol. The van der Waals surface area contributed by atoms with Crippen LogP contribution in [0.2, 0.25) is 0 Å². The van der Waals surface area contributed by atoms with Crippen LogP contribution in [0, 0.1) is 5.92 Å².